The number of fused-ring (bicyclic) bond motifs is 9. The molecule has 0 unspecified atom stereocenters. The lowest BCUT2D eigenvalue weighted by Gasteiger charge is -2.43. The first-order chi connectivity index (χ1) is 23.3. The third kappa shape index (κ3) is 5.05. The van der Waals surface area contributed by atoms with Crippen LogP contribution in [-0.2, 0) is 19.1 Å². The number of benzene rings is 3. The average molecular weight is 682 g/mol. The predicted molar refractivity (Wildman–Crippen MR) is 180 cm³/mol. The number of ether oxygens (including phenoxy) is 2. The number of rotatable bonds is 8. The number of carbonyl (C=O) groups excluding carboxylic acids is 4. The lowest BCUT2D eigenvalue weighted by Crippen LogP contribution is -2.42. The minimum absolute atomic E-state index is 0.0139. The molecule has 10 nitrogen and oxygen atoms in total. The van der Waals surface area contributed by atoms with Gasteiger partial charge in [0.2, 0.25) is 11.8 Å². The number of aromatic nitrogens is 1. The highest BCUT2D eigenvalue weighted by Crippen LogP contribution is 2.68. The number of nitrogens with one attached hydrogen (secondary N) is 2. The predicted octanol–water partition coefficient (Wildman–Crippen LogP) is 5.31. The lowest BCUT2D eigenvalue weighted by molar-refractivity contribution is -0.123. The first kappa shape index (κ1) is 30.6. The highest BCUT2D eigenvalue weighted by molar-refractivity contribution is 8.00. The number of nitrogens with zero attached hydrogens (tertiary/aromatic N) is 1. The number of amides is 3. The Morgan fingerprint density at radius 1 is 0.917 bits per heavy atom. The summed E-state index contributed by atoms with van der Waals surface area (Å²) in [6.45, 7) is 1.84. The number of hydrogen-bond donors (Lipinski definition) is 2. The van der Waals surface area contributed by atoms with Crippen molar-refractivity contribution in [1.82, 2.24) is 4.98 Å². The summed E-state index contributed by atoms with van der Waals surface area (Å²) in [5.41, 5.74) is 2.50. The van der Waals surface area contributed by atoms with Crippen LogP contribution in [0.3, 0.4) is 0 Å². The van der Waals surface area contributed by atoms with Gasteiger partial charge in [0.05, 0.1) is 34.7 Å². The molecule has 0 radical (unpaired) electrons. The SMILES string of the molecule is CCOC(=O)c1ccc(N2C(=O)[C@H]3[C@H]4C[C@@H]([C@@H]3C2=O)[C@@H]2[C@H](c3ccc(OCC(=O)Nc5ccccc5)cc3)c3sc(=O)[nH]c3S[C@H]42)cc1. The molecule has 48 heavy (non-hydrogen) atoms. The van der Waals surface area contributed by atoms with Crippen LogP contribution in [0.1, 0.15) is 40.1 Å². The minimum Gasteiger partial charge on any atom is -0.484 e. The van der Waals surface area contributed by atoms with Gasteiger partial charge in [-0.05, 0) is 85.2 Å². The van der Waals surface area contributed by atoms with Crippen LogP contribution in [0.15, 0.2) is 88.7 Å². The van der Waals surface area contributed by atoms with Gasteiger partial charge in [-0.3, -0.25) is 24.1 Å². The second kappa shape index (κ2) is 12.1. The molecule has 2 saturated carbocycles. The summed E-state index contributed by atoms with van der Waals surface area (Å²) >= 11 is 2.84. The van der Waals surface area contributed by atoms with Crippen LogP contribution in [0, 0.1) is 29.6 Å². The number of para-hydroxylation sites is 1. The van der Waals surface area contributed by atoms with E-state index >= 15 is 0 Å². The average Bonchev–Trinajstić information content (AvgIpc) is 3.83. The van der Waals surface area contributed by atoms with Crippen molar-refractivity contribution < 1.29 is 28.7 Å². The molecule has 4 aromatic rings. The summed E-state index contributed by atoms with van der Waals surface area (Å²) in [6, 6.07) is 23.2. The van der Waals surface area contributed by atoms with Crippen LogP contribution in [0.5, 0.6) is 5.75 Å². The summed E-state index contributed by atoms with van der Waals surface area (Å²) in [7, 11) is 0. The van der Waals surface area contributed by atoms with Crippen molar-refractivity contribution in [2.45, 2.75) is 29.5 Å². The van der Waals surface area contributed by atoms with Gasteiger partial charge in [0.25, 0.3) is 5.91 Å². The molecular formula is C36H31N3O7S2. The molecule has 3 heterocycles. The van der Waals surface area contributed by atoms with Crippen LogP contribution in [-0.4, -0.2) is 47.1 Å². The van der Waals surface area contributed by atoms with E-state index in [4.69, 9.17) is 9.47 Å². The van der Waals surface area contributed by atoms with Crippen molar-refractivity contribution >= 4 is 58.2 Å². The number of imide groups is 1. The molecule has 2 aliphatic heterocycles. The molecule has 3 fully saturated rings. The summed E-state index contributed by atoms with van der Waals surface area (Å²) in [5.74, 6) is -1.58. The number of thiazole rings is 1. The first-order valence-corrected chi connectivity index (χ1v) is 17.6. The number of thioether (sulfide) groups is 1. The van der Waals surface area contributed by atoms with E-state index in [1.807, 2.05) is 42.5 Å². The number of carbonyl (C=O) groups is 4. The Morgan fingerprint density at radius 3 is 2.33 bits per heavy atom. The zero-order chi connectivity index (χ0) is 33.1. The molecule has 4 aliphatic rings. The minimum atomic E-state index is -0.455. The molecule has 2 aliphatic carbocycles. The third-order valence-corrected chi connectivity index (χ3v) is 12.6. The maximum absolute atomic E-state index is 14.1. The molecule has 0 spiro atoms. The molecule has 2 bridgehead atoms. The van der Waals surface area contributed by atoms with Gasteiger partial charge in [0.1, 0.15) is 5.75 Å². The van der Waals surface area contributed by atoms with E-state index in [1.165, 1.54) is 16.2 Å². The summed E-state index contributed by atoms with van der Waals surface area (Å²) in [4.78, 5) is 70.4. The number of esters is 1. The Balaban J connectivity index is 1.04. The molecule has 7 atom stereocenters. The summed E-state index contributed by atoms with van der Waals surface area (Å²) in [6.07, 6.45) is 0.776. The van der Waals surface area contributed by atoms with Gasteiger partial charge in [0.15, 0.2) is 6.61 Å². The monoisotopic (exact) mass is 681 g/mol. The Morgan fingerprint density at radius 2 is 1.62 bits per heavy atom. The largest absolute Gasteiger partial charge is 0.484 e. The number of H-pyrrole nitrogens is 1. The maximum atomic E-state index is 14.1. The fourth-order valence-corrected chi connectivity index (χ4v) is 11.1. The van der Waals surface area contributed by atoms with Gasteiger partial charge in [-0.2, -0.15) is 0 Å². The van der Waals surface area contributed by atoms with Gasteiger partial charge in [-0.15, -0.1) is 11.8 Å². The normalized spacial score (nSPS) is 26.5. The number of anilines is 2. The second-order valence-corrected chi connectivity index (χ2v) is 14.7. The van der Waals surface area contributed by atoms with E-state index in [1.54, 1.807) is 55.1 Å². The van der Waals surface area contributed by atoms with Crippen LogP contribution in [0.2, 0.25) is 0 Å². The van der Waals surface area contributed by atoms with Gasteiger partial charge in [-0.25, -0.2) is 4.79 Å². The highest BCUT2D eigenvalue weighted by Gasteiger charge is 2.69. The lowest BCUT2D eigenvalue weighted by atomic mass is 9.68. The molecule has 2 N–H and O–H groups in total. The molecule has 1 saturated heterocycles. The number of aromatic amines is 1. The summed E-state index contributed by atoms with van der Waals surface area (Å²) in [5, 5.41) is 3.70. The third-order valence-electron chi connectivity index (χ3n) is 10.0. The van der Waals surface area contributed by atoms with Crippen LogP contribution in [0.4, 0.5) is 11.4 Å². The van der Waals surface area contributed by atoms with Crippen LogP contribution < -0.4 is 19.8 Å². The second-order valence-electron chi connectivity index (χ2n) is 12.5. The van der Waals surface area contributed by atoms with Gasteiger partial charge >= 0.3 is 10.8 Å². The molecule has 3 amide bonds. The van der Waals surface area contributed by atoms with E-state index in [9.17, 15) is 24.0 Å². The molecule has 1 aromatic heterocycles. The zero-order valence-electron chi connectivity index (χ0n) is 25.8. The molecule has 244 valence electrons. The van der Waals surface area contributed by atoms with Crippen molar-refractivity contribution in [3.05, 3.63) is 105 Å². The van der Waals surface area contributed by atoms with Gasteiger partial charge < -0.3 is 19.8 Å². The molecule has 8 rings (SSSR count). The van der Waals surface area contributed by atoms with Crippen LogP contribution in [0.25, 0.3) is 0 Å². The van der Waals surface area contributed by atoms with E-state index in [2.05, 4.69) is 10.3 Å². The van der Waals surface area contributed by atoms with Crippen molar-refractivity contribution in [2.75, 3.05) is 23.4 Å². The van der Waals surface area contributed by atoms with E-state index in [0.717, 1.165) is 21.9 Å². The van der Waals surface area contributed by atoms with E-state index in [-0.39, 0.29) is 64.7 Å². The quantitative estimate of drug-likeness (QED) is 0.189. The maximum Gasteiger partial charge on any atom is 0.338 e. The fraction of sp³-hybridized carbons (Fsp3) is 0.306. The fourth-order valence-electron chi connectivity index (χ4n) is 8.24. The Labute approximate surface area is 283 Å². The Kier molecular flexibility index (Phi) is 7.72. The van der Waals surface area contributed by atoms with Gasteiger partial charge in [0, 0.05) is 21.7 Å². The van der Waals surface area contributed by atoms with Gasteiger partial charge in [-0.1, -0.05) is 41.7 Å². The van der Waals surface area contributed by atoms with Crippen molar-refractivity contribution in [3.63, 3.8) is 0 Å². The Hall–Kier alpha value is -4.68. The first-order valence-electron chi connectivity index (χ1n) is 15.9. The zero-order valence-corrected chi connectivity index (χ0v) is 27.4. The Bertz CT molecular complexity index is 1970. The topological polar surface area (TPSA) is 135 Å². The molecule has 3 aromatic carbocycles. The summed E-state index contributed by atoms with van der Waals surface area (Å²) < 4.78 is 10.9. The number of hydrogen-bond acceptors (Lipinski definition) is 9. The smallest absolute Gasteiger partial charge is 0.338 e. The molecule has 12 heteroatoms. The van der Waals surface area contributed by atoms with Crippen molar-refractivity contribution in [1.29, 1.82) is 0 Å². The van der Waals surface area contributed by atoms with Crippen molar-refractivity contribution in [2.24, 2.45) is 29.6 Å². The molecular weight excluding hydrogens is 651 g/mol. The van der Waals surface area contributed by atoms with E-state index in [0.29, 0.717) is 22.7 Å². The van der Waals surface area contributed by atoms with E-state index < -0.39 is 17.8 Å². The standard InChI is InChI=1S/C36H31N3O7S2/c1-2-45-35(43)19-8-12-21(13-9-19)39-33(41)28-23-16-24(29(28)34(39)42)30-27(23)26(31-32(47-30)38-36(44)48-31)18-10-14-22(15-11-18)46-17-25(40)37-20-6-4-3-5-7-20/h3-15,23-24,26-30H,2,16-17H2,1H3,(H,37,40)(H,38,44)/t23-,24-,26+,27-,28+,29+,30-/m1/s1. The van der Waals surface area contributed by atoms with Crippen LogP contribution >= 0.6 is 23.1 Å². The van der Waals surface area contributed by atoms with Crippen molar-refractivity contribution in [3.8, 4) is 5.75 Å². The highest BCUT2D eigenvalue weighted by atomic mass is 32.2.